The van der Waals surface area contributed by atoms with Gasteiger partial charge in [0.05, 0.1) is 18.3 Å². The largest absolute Gasteiger partial charge is 0.352 e. The zero-order valence-electron chi connectivity index (χ0n) is 15.3. The topological polar surface area (TPSA) is 59.8 Å². The molecule has 1 N–H and O–H groups in total. The second kappa shape index (κ2) is 8.31. The molecule has 0 aliphatic rings. The minimum Gasteiger partial charge on any atom is -0.352 e. The average Bonchev–Trinajstić information content (AvgIpc) is 3.22. The van der Waals surface area contributed by atoms with Gasteiger partial charge in [0.15, 0.2) is 0 Å². The highest BCUT2D eigenvalue weighted by molar-refractivity contribution is 5.78. The Labute approximate surface area is 163 Å². The van der Waals surface area contributed by atoms with Crippen LogP contribution in [0.2, 0.25) is 0 Å². The summed E-state index contributed by atoms with van der Waals surface area (Å²) in [6.45, 7) is 0.502. The highest BCUT2D eigenvalue weighted by Crippen LogP contribution is 2.18. The number of nitrogens with one attached hydrogen (secondary N) is 1. The van der Waals surface area contributed by atoms with Crippen LogP contribution in [0.25, 0.3) is 16.8 Å². The fourth-order valence-corrected chi connectivity index (χ4v) is 2.98. The van der Waals surface area contributed by atoms with Gasteiger partial charge in [-0.3, -0.25) is 9.78 Å². The Morgan fingerprint density at radius 1 is 0.857 bits per heavy atom. The van der Waals surface area contributed by atoms with Gasteiger partial charge in [-0.25, -0.2) is 4.68 Å². The molecular weight excluding hydrogens is 348 g/mol. The summed E-state index contributed by atoms with van der Waals surface area (Å²) < 4.78 is 1.78. The Kier molecular flexibility index (Phi) is 5.24. The average molecular weight is 368 g/mol. The molecule has 4 aromatic rings. The Morgan fingerprint density at radius 2 is 1.57 bits per heavy atom. The highest BCUT2D eigenvalue weighted by atomic mass is 16.1. The zero-order valence-corrected chi connectivity index (χ0v) is 15.3. The van der Waals surface area contributed by atoms with Crippen LogP contribution in [0.4, 0.5) is 0 Å². The molecule has 0 aliphatic carbocycles. The summed E-state index contributed by atoms with van der Waals surface area (Å²) in [7, 11) is 0. The molecule has 0 saturated carbocycles. The maximum atomic E-state index is 12.3. The molecule has 0 atom stereocenters. The number of carbonyl (C=O) groups excluding carboxylic acids is 1. The molecule has 4 rings (SSSR count). The third kappa shape index (κ3) is 4.32. The zero-order chi connectivity index (χ0) is 19.2. The first-order valence-electron chi connectivity index (χ1n) is 9.13. The summed E-state index contributed by atoms with van der Waals surface area (Å²) in [6.07, 6.45) is 7.49. The summed E-state index contributed by atoms with van der Waals surface area (Å²) in [5, 5.41) is 7.30. The molecule has 0 unspecified atom stereocenters. The molecule has 0 radical (unpaired) electrons. The maximum absolute atomic E-state index is 12.3. The fraction of sp³-hybridized carbons (Fsp3) is 0.0870. The van der Waals surface area contributed by atoms with Gasteiger partial charge in [0.1, 0.15) is 0 Å². The minimum absolute atomic E-state index is 0.0224. The third-order valence-electron chi connectivity index (χ3n) is 4.48. The Hall–Kier alpha value is -3.73. The van der Waals surface area contributed by atoms with E-state index in [4.69, 9.17) is 0 Å². The van der Waals surface area contributed by atoms with Crippen LogP contribution < -0.4 is 5.32 Å². The van der Waals surface area contributed by atoms with Crippen molar-refractivity contribution in [3.63, 3.8) is 0 Å². The first-order chi connectivity index (χ1) is 13.8. The van der Waals surface area contributed by atoms with Crippen LogP contribution in [-0.4, -0.2) is 20.7 Å². The van der Waals surface area contributed by atoms with Crippen molar-refractivity contribution in [3.05, 3.63) is 103 Å². The molecule has 1 amide bonds. The van der Waals surface area contributed by atoms with Crippen molar-refractivity contribution in [1.29, 1.82) is 0 Å². The summed E-state index contributed by atoms with van der Waals surface area (Å²) in [4.78, 5) is 16.3. The molecule has 5 heteroatoms. The van der Waals surface area contributed by atoms with Gasteiger partial charge in [-0.1, -0.05) is 42.5 Å². The van der Waals surface area contributed by atoms with Gasteiger partial charge >= 0.3 is 0 Å². The van der Waals surface area contributed by atoms with Crippen molar-refractivity contribution in [1.82, 2.24) is 20.1 Å². The molecule has 2 aromatic heterocycles. The molecule has 0 saturated heterocycles. The predicted octanol–water partition coefficient (Wildman–Crippen LogP) is 3.79. The Morgan fingerprint density at radius 3 is 2.32 bits per heavy atom. The van der Waals surface area contributed by atoms with Crippen molar-refractivity contribution < 1.29 is 4.79 Å². The monoisotopic (exact) mass is 368 g/mol. The number of carbonyl (C=O) groups is 1. The van der Waals surface area contributed by atoms with Gasteiger partial charge < -0.3 is 5.32 Å². The van der Waals surface area contributed by atoms with Crippen LogP contribution in [0.1, 0.15) is 11.1 Å². The van der Waals surface area contributed by atoms with Gasteiger partial charge in [-0.2, -0.15) is 5.10 Å². The lowest BCUT2D eigenvalue weighted by atomic mass is 10.1. The summed E-state index contributed by atoms with van der Waals surface area (Å²) in [5.41, 5.74) is 5.18. The normalized spacial score (nSPS) is 10.6. The number of hydrogen-bond acceptors (Lipinski definition) is 3. The number of pyridine rings is 1. The van der Waals surface area contributed by atoms with E-state index in [0.29, 0.717) is 13.0 Å². The molecule has 2 aromatic carbocycles. The van der Waals surface area contributed by atoms with E-state index >= 15 is 0 Å². The van der Waals surface area contributed by atoms with Crippen LogP contribution in [0.5, 0.6) is 0 Å². The second-order valence-corrected chi connectivity index (χ2v) is 6.52. The van der Waals surface area contributed by atoms with E-state index in [2.05, 4.69) is 27.5 Å². The van der Waals surface area contributed by atoms with E-state index in [1.165, 1.54) is 0 Å². The van der Waals surface area contributed by atoms with Crippen molar-refractivity contribution >= 4 is 5.91 Å². The second-order valence-electron chi connectivity index (χ2n) is 6.52. The lowest BCUT2D eigenvalue weighted by molar-refractivity contribution is -0.120. The predicted molar refractivity (Wildman–Crippen MR) is 109 cm³/mol. The van der Waals surface area contributed by atoms with E-state index in [9.17, 15) is 4.79 Å². The van der Waals surface area contributed by atoms with Crippen molar-refractivity contribution in [3.8, 4) is 16.8 Å². The smallest absolute Gasteiger partial charge is 0.224 e. The maximum Gasteiger partial charge on any atom is 0.224 e. The number of rotatable bonds is 6. The first-order valence-corrected chi connectivity index (χ1v) is 9.13. The quantitative estimate of drug-likeness (QED) is 0.563. The Bertz CT molecular complexity index is 1040. The van der Waals surface area contributed by atoms with E-state index < -0.39 is 0 Å². The summed E-state index contributed by atoms with van der Waals surface area (Å²) >= 11 is 0. The molecule has 0 aliphatic heterocycles. The van der Waals surface area contributed by atoms with Crippen molar-refractivity contribution in [2.45, 2.75) is 13.0 Å². The van der Waals surface area contributed by atoms with Crippen molar-refractivity contribution in [2.24, 2.45) is 0 Å². The molecule has 138 valence electrons. The van der Waals surface area contributed by atoms with Gasteiger partial charge in [0, 0.05) is 25.1 Å². The molecule has 0 spiro atoms. The number of para-hydroxylation sites is 1. The van der Waals surface area contributed by atoms with Crippen LogP contribution in [0, 0.1) is 0 Å². The minimum atomic E-state index is -0.0224. The lowest BCUT2D eigenvalue weighted by Gasteiger charge is -2.06. The number of amides is 1. The van der Waals surface area contributed by atoms with E-state index in [0.717, 1.165) is 27.9 Å². The SMILES string of the molecule is O=C(Cc1cnn(-c2ccccc2)c1)NCc1ccc(-c2ccncc2)cc1. The third-order valence-corrected chi connectivity index (χ3v) is 4.48. The van der Waals surface area contributed by atoms with E-state index in [1.807, 2.05) is 60.8 Å². The number of nitrogens with zero attached hydrogens (tertiary/aromatic N) is 3. The molecular formula is C23H20N4O. The van der Waals surface area contributed by atoms with Crippen LogP contribution >= 0.6 is 0 Å². The van der Waals surface area contributed by atoms with Gasteiger partial charge in [-0.15, -0.1) is 0 Å². The Balaban J connectivity index is 1.32. The summed E-state index contributed by atoms with van der Waals surface area (Å²) in [6, 6.07) is 22.0. The molecule has 5 nitrogen and oxygen atoms in total. The van der Waals surface area contributed by atoms with Crippen molar-refractivity contribution in [2.75, 3.05) is 0 Å². The number of benzene rings is 2. The molecule has 2 heterocycles. The fourth-order valence-electron chi connectivity index (χ4n) is 2.98. The highest BCUT2D eigenvalue weighted by Gasteiger charge is 2.07. The lowest BCUT2D eigenvalue weighted by Crippen LogP contribution is -2.24. The number of aromatic nitrogens is 3. The number of hydrogen-bond donors (Lipinski definition) is 1. The molecule has 0 fully saturated rings. The standard InChI is InChI=1S/C23H20N4O/c28-23(14-19-16-26-27(17-19)22-4-2-1-3-5-22)25-15-18-6-8-20(9-7-18)21-10-12-24-13-11-21/h1-13,16-17H,14-15H2,(H,25,28). The van der Waals surface area contributed by atoms with Gasteiger partial charge in [0.2, 0.25) is 5.91 Å². The van der Waals surface area contributed by atoms with Gasteiger partial charge in [-0.05, 0) is 46.5 Å². The molecule has 0 bridgehead atoms. The van der Waals surface area contributed by atoms with Crippen LogP contribution in [-0.2, 0) is 17.8 Å². The first kappa shape index (κ1) is 17.7. The van der Waals surface area contributed by atoms with Crippen LogP contribution in [0.15, 0.2) is 91.5 Å². The van der Waals surface area contributed by atoms with E-state index in [1.54, 1.807) is 23.3 Å². The van der Waals surface area contributed by atoms with Crippen LogP contribution in [0.3, 0.4) is 0 Å². The summed E-state index contributed by atoms with van der Waals surface area (Å²) in [5.74, 6) is -0.0224. The van der Waals surface area contributed by atoms with Gasteiger partial charge in [0.25, 0.3) is 0 Å². The molecule has 28 heavy (non-hydrogen) atoms. The van der Waals surface area contributed by atoms with E-state index in [-0.39, 0.29) is 5.91 Å².